The number of hydrogen-bond donors (Lipinski definition) is 1. The second-order valence-corrected chi connectivity index (χ2v) is 3.35. The van der Waals surface area contributed by atoms with Gasteiger partial charge in [0.2, 0.25) is 0 Å². The maximum atomic E-state index is 10.9. The molecule has 0 aliphatic carbocycles. The zero-order valence-electron chi connectivity index (χ0n) is 7.08. The minimum absolute atomic E-state index is 0.324. The number of fused-ring (bicyclic) bond motifs is 1. The van der Waals surface area contributed by atoms with Gasteiger partial charge in [-0.2, -0.15) is 0 Å². The summed E-state index contributed by atoms with van der Waals surface area (Å²) in [6, 6.07) is 3.81. The number of aromatic nitrogens is 1. The summed E-state index contributed by atoms with van der Waals surface area (Å²) in [5, 5.41) is 0. The molecule has 0 spiro atoms. The van der Waals surface area contributed by atoms with Crippen LogP contribution in [-0.4, -0.2) is 10.5 Å². The molecule has 3 heteroatoms. The van der Waals surface area contributed by atoms with E-state index < -0.39 is 0 Å². The van der Waals surface area contributed by atoms with E-state index in [1.807, 2.05) is 16.7 Å². The van der Waals surface area contributed by atoms with Crippen LogP contribution in [-0.2, 0) is 6.54 Å². The summed E-state index contributed by atoms with van der Waals surface area (Å²) >= 11 is 0. The van der Waals surface area contributed by atoms with Crippen LogP contribution in [0.5, 0.6) is 0 Å². The van der Waals surface area contributed by atoms with Gasteiger partial charge < -0.3 is 10.3 Å². The third-order valence-electron chi connectivity index (χ3n) is 2.56. The summed E-state index contributed by atoms with van der Waals surface area (Å²) in [5.41, 5.74) is 7.10. The van der Waals surface area contributed by atoms with Crippen LogP contribution in [0.2, 0.25) is 0 Å². The Hall–Kier alpha value is -1.25. The van der Waals surface area contributed by atoms with E-state index in [-0.39, 0.29) is 5.91 Å². The van der Waals surface area contributed by atoms with Gasteiger partial charge in [-0.15, -0.1) is 0 Å². The highest BCUT2D eigenvalue weighted by Gasteiger charge is 2.22. The van der Waals surface area contributed by atoms with Crippen molar-refractivity contribution in [2.24, 2.45) is 5.73 Å². The number of hydrogen-bond acceptors (Lipinski definition) is 1. The molecule has 2 heterocycles. The summed E-state index contributed by atoms with van der Waals surface area (Å²) in [6.45, 7) is 3.10. The first-order chi connectivity index (χ1) is 5.70. The lowest BCUT2D eigenvalue weighted by Gasteiger charge is -2.01. The average molecular weight is 164 g/mol. The highest BCUT2D eigenvalue weighted by molar-refractivity contribution is 5.91. The van der Waals surface area contributed by atoms with Crippen molar-refractivity contribution in [3.8, 4) is 0 Å². The Kier molecular flexibility index (Phi) is 1.46. The Labute approximate surface area is 71.2 Å². The number of rotatable bonds is 1. The number of nitrogens with two attached hydrogens (primary N) is 1. The summed E-state index contributed by atoms with van der Waals surface area (Å²) in [5.74, 6) is 0.244. The van der Waals surface area contributed by atoms with E-state index in [2.05, 4.69) is 6.92 Å². The van der Waals surface area contributed by atoms with Gasteiger partial charge >= 0.3 is 0 Å². The van der Waals surface area contributed by atoms with Crippen LogP contribution in [0, 0.1) is 0 Å². The van der Waals surface area contributed by atoms with Gasteiger partial charge in [0.1, 0.15) is 5.69 Å². The Morgan fingerprint density at radius 1 is 1.67 bits per heavy atom. The van der Waals surface area contributed by atoms with Crippen LogP contribution >= 0.6 is 0 Å². The largest absolute Gasteiger partial charge is 0.364 e. The molecular formula is C9H12N2O. The topological polar surface area (TPSA) is 48.0 Å². The third-order valence-corrected chi connectivity index (χ3v) is 2.56. The van der Waals surface area contributed by atoms with Gasteiger partial charge in [0.25, 0.3) is 5.91 Å². The van der Waals surface area contributed by atoms with Crippen LogP contribution in [0.4, 0.5) is 0 Å². The van der Waals surface area contributed by atoms with Crippen LogP contribution in [0.15, 0.2) is 12.1 Å². The molecule has 1 atom stereocenters. The van der Waals surface area contributed by atoms with E-state index in [9.17, 15) is 4.79 Å². The normalized spacial score (nSPS) is 20.9. The molecule has 1 aliphatic heterocycles. The number of carbonyl (C=O) groups excluding carboxylic acids is 1. The summed E-state index contributed by atoms with van der Waals surface area (Å²) in [4.78, 5) is 10.9. The molecule has 0 bridgehead atoms. The zero-order chi connectivity index (χ0) is 8.72. The molecule has 3 nitrogen and oxygen atoms in total. The average Bonchev–Trinajstić information content (AvgIpc) is 2.53. The van der Waals surface area contributed by atoms with Crippen molar-refractivity contribution in [2.45, 2.75) is 25.8 Å². The van der Waals surface area contributed by atoms with Gasteiger partial charge in [-0.05, 0) is 24.5 Å². The van der Waals surface area contributed by atoms with E-state index in [4.69, 9.17) is 5.73 Å². The van der Waals surface area contributed by atoms with E-state index in [1.165, 1.54) is 5.69 Å². The molecule has 0 fully saturated rings. The smallest absolute Gasteiger partial charge is 0.265 e. The van der Waals surface area contributed by atoms with Gasteiger partial charge in [0.05, 0.1) is 0 Å². The monoisotopic (exact) mass is 164 g/mol. The van der Waals surface area contributed by atoms with Crippen molar-refractivity contribution in [2.75, 3.05) is 0 Å². The van der Waals surface area contributed by atoms with Crippen LogP contribution in [0.3, 0.4) is 0 Å². The number of nitrogens with zero attached hydrogens (tertiary/aromatic N) is 1. The summed E-state index contributed by atoms with van der Waals surface area (Å²) in [7, 11) is 0. The molecule has 12 heavy (non-hydrogen) atoms. The Bertz CT molecular complexity index is 327. The van der Waals surface area contributed by atoms with Crippen molar-refractivity contribution in [3.05, 3.63) is 23.5 Å². The predicted molar refractivity (Wildman–Crippen MR) is 46.0 cm³/mol. The highest BCUT2D eigenvalue weighted by Crippen LogP contribution is 2.29. The lowest BCUT2D eigenvalue weighted by atomic mass is 10.1. The molecule has 0 aromatic carbocycles. The zero-order valence-corrected chi connectivity index (χ0v) is 7.08. The van der Waals surface area contributed by atoms with Gasteiger partial charge in [-0.3, -0.25) is 4.79 Å². The van der Waals surface area contributed by atoms with E-state index in [1.54, 1.807) is 0 Å². The fourth-order valence-corrected chi connectivity index (χ4v) is 1.85. The minimum Gasteiger partial charge on any atom is -0.364 e. The summed E-state index contributed by atoms with van der Waals surface area (Å²) < 4.78 is 2.02. The third kappa shape index (κ3) is 0.858. The molecule has 0 radical (unpaired) electrons. The highest BCUT2D eigenvalue weighted by atomic mass is 16.1. The van der Waals surface area contributed by atoms with E-state index in [0.29, 0.717) is 11.6 Å². The van der Waals surface area contributed by atoms with Crippen molar-refractivity contribution in [1.29, 1.82) is 0 Å². The lowest BCUT2D eigenvalue weighted by Crippen LogP contribution is -2.15. The summed E-state index contributed by atoms with van der Waals surface area (Å²) in [6.07, 6.45) is 1.12. The molecule has 2 N–H and O–H groups in total. The SMILES string of the molecule is CC1CCn2c(C(N)=O)ccc21. The van der Waals surface area contributed by atoms with Gasteiger partial charge in [0.15, 0.2) is 0 Å². The first-order valence-corrected chi connectivity index (χ1v) is 4.19. The maximum absolute atomic E-state index is 10.9. The van der Waals surface area contributed by atoms with Crippen LogP contribution < -0.4 is 5.73 Å². The molecule has 2 rings (SSSR count). The van der Waals surface area contributed by atoms with Crippen molar-refractivity contribution in [1.82, 2.24) is 4.57 Å². The van der Waals surface area contributed by atoms with E-state index in [0.717, 1.165) is 13.0 Å². The van der Waals surface area contributed by atoms with Gasteiger partial charge in [0, 0.05) is 12.2 Å². The van der Waals surface area contributed by atoms with Crippen LogP contribution in [0.25, 0.3) is 0 Å². The molecule has 64 valence electrons. The van der Waals surface area contributed by atoms with Gasteiger partial charge in [-0.1, -0.05) is 6.92 Å². The number of primary amides is 1. The standard InChI is InChI=1S/C9H12N2O/c1-6-4-5-11-7(6)2-3-8(11)9(10)12/h2-3,6H,4-5H2,1H3,(H2,10,12). The molecule has 1 aromatic rings. The fraction of sp³-hybridized carbons (Fsp3) is 0.444. The number of amides is 1. The first-order valence-electron chi connectivity index (χ1n) is 4.19. The van der Waals surface area contributed by atoms with Gasteiger partial charge in [-0.25, -0.2) is 0 Å². The molecular weight excluding hydrogens is 152 g/mol. The predicted octanol–water partition coefficient (Wildman–Crippen LogP) is 1.09. The van der Waals surface area contributed by atoms with Crippen LogP contribution in [0.1, 0.15) is 35.4 Å². The van der Waals surface area contributed by atoms with Crippen molar-refractivity contribution < 1.29 is 4.79 Å². The second kappa shape index (κ2) is 2.37. The Morgan fingerprint density at radius 3 is 3.08 bits per heavy atom. The lowest BCUT2D eigenvalue weighted by molar-refractivity contribution is 0.0992. The molecule has 1 unspecified atom stereocenters. The van der Waals surface area contributed by atoms with E-state index >= 15 is 0 Å². The first kappa shape index (κ1) is 7.40. The molecule has 0 saturated heterocycles. The maximum Gasteiger partial charge on any atom is 0.265 e. The molecule has 1 amide bonds. The molecule has 1 aliphatic rings. The fourth-order valence-electron chi connectivity index (χ4n) is 1.85. The molecule has 0 saturated carbocycles. The van der Waals surface area contributed by atoms with Crippen molar-refractivity contribution >= 4 is 5.91 Å². The quantitative estimate of drug-likeness (QED) is 0.663. The Morgan fingerprint density at radius 2 is 2.42 bits per heavy atom. The Balaban J connectivity index is 2.49. The molecule has 1 aromatic heterocycles. The number of carbonyl (C=O) groups is 1. The van der Waals surface area contributed by atoms with Crippen molar-refractivity contribution in [3.63, 3.8) is 0 Å². The minimum atomic E-state index is -0.324. The second-order valence-electron chi connectivity index (χ2n) is 3.35.